The Kier molecular flexibility index (Phi) is 4.75. The molecule has 2 rings (SSSR count). The highest BCUT2D eigenvalue weighted by Crippen LogP contribution is 2.26. The Labute approximate surface area is 134 Å². The molecule has 5 nitrogen and oxygen atoms in total. The maximum atomic E-state index is 13.0. The molecule has 2 amide bonds. The van der Waals surface area contributed by atoms with Crippen LogP contribution in [0.2, 0.25) is 0 Å². The summed E-state index contributed by atoms with van der Waals surface area (Å²) in [5.74, 6) is 0.954. The van der Waals surface area contributed by atoms with Gasteiger partial charge in [0, 0.05) is 11.3 Å². The van der Waals surface area contributed by atoms with Crippen LogP contribution in [0, 0.1) is 26.6 Å². The number of urea groups is 1. The summed E-state index contributed by atoms with van der Waals surface area (Å²) in [6.07, 6.45) is 0. The first-order valence-electron chi connectivity index (χ1n) is 7.30. The zero-order valence-corrected chi connectivity index (χ0v) is 13.7. The average Bonchev–Trinajstić information content (AvgIpc) is 2.80. The summed E-state index contributed by atoms with van der Waals surface area (Å²) in [5, 5.41) is 15.8. The van der Waals surface area contributed by atoms with E-state index in [1.165, 1.54) is 18.2 Å². The number of aliphatic hydroxyl groups is 1. The van der Waals surface area contributed by atoms with E-state index in [-0.39, 0.29) is 12.4 Å². The molecule has 0 aliphatic carbocycles. The van der Waals surface area contributed by atoms with Gasteiger partial charge in [-0.2, -0.15) is 0 Å². The molecule has 0 aliphatic rings. The molecule has 0 fully saturated rings. The SMILES string of the molecule is Cc1cc(C(C)(O)CNC(=O)Nc2ccc(F)cc2C)c(C)o1. The number of rotatable bonds is 4. The van der Waals surface area contributed by atoms with Gasteiger partial charge in [0.15, 0.2) is 0 Å². The number of carbonyl (C=O) groups is 1. The van der Waals surface area contributed by atoms with Gasteiger partial charge in [-0.25, -0.2) is 9.18 Å². The summed E-state index contributed by atoms with van der Waals surface area (Å²) in [7, 11) is 0. The smallest absolute Gasteiger partial charge is 0.319 e. The highest BCUT2D eigenvalue weighted by atomic mass is 19.1. The largest absolute Gasteiger partial charge is 0.466 e. The van der Waals surface area contributed by atoms with Crippen molar-refractivity contribution >= 4 is 11.7 Å². The lowest BCUT2D eigenvalue weighted by molar-refractivity contribution is 0.0584. The molecule has 1 unspecified atom stereocenters. The zero-order valence-electron chi connectivity index (χ0n) is 13.7. The van der Waals surface area contributed by atoms with Gasteiger partial charge in [-0.15, -0.1) is 0 Å². The summed E-state index contributed by atoms with van der Waals surface area (Å²) < 4.78 is 18.5. The van der Waals surface area contributed by atoms with Crippen molar-refractivity contribution < 1.29 is 18.7 Å². The lowest BCUT2D eigenvalue weighted by atomic mass is 9.96. The van der Waals surface area contributed by atoms with E-state index in [4.69, 9.17) is 4.42 Å². The van der Waals surface area contributed by atoms with Crippen molar-refractivity contribution in [2.24, 2.45) is 0 Å². The Balaban J connectivity index is 1.99. The number of hydrogen-bond donors (Lipinski definition) is 3. The topological polar surface area (TPSA) is 74.5 Å². The summed E-state index contributed by atoms with van der Waals surface area (Å²) in [5.41, 5.74) is 0.511. The average molecular weight is 320 g/mol. The number of halogens is 1. The van der Waals surface area contributed by atoms with Crippen molar-refractivity contribution in [3.8, 4) is 0 Å². The molecule has 0 saturated heterocycles. The highest BCUT2D eigenvalue weighted by molar-refractivity contribution is 5.90. The first-order valence-corrected chi connectivity index (χ1v) is 7.30. The van der Waals surface area contributed by atoms with Gasteiger partial charge in [-0.3, -0.25) is 0 Å². The minimum atomic E-state index is -1.25. The maximum Gasteiger partial charge on any atom is 0.319 e. The van der Waals surface area contributed by atoms with Gasteiger partial charge in [0.05, 0.1) is 6.54 Å². The van der Waals surface area contributed by atoms with Gasteiger partial charge in [-0.05, 0) is 57.5 Å². The van der Waals surface area contributed by atoms with E-state index >= 15 is 0 Å². The van der Waals surface area contributed by atoms with Gasteiger partial charge in [-0.1, -0.05) is 0 Å². The molecule has 23 heavy (non-hydrogen) atoms. The maximum absolute atomic E-state index is 13.0. The van der Waals surface area contributed by atoms with Gasteiger partial charge >= 0.3 is 6.03 Å². The third-order valence-electron chi connectivity index (χ3n) is 3.65. The highest BCUT2D eigenvalue weighted by Gasteiger charge is 2.28. The van der Waals surface area contributed by atoms with Crippen molar-refractivity contribution in [1.82, 2.24) is 5.32 Å². The number of amides is 2. The first-order chi connectivity index (χ1) is 10.7. The molecule has 2 aromatic rings. The number of furan rings is 1. The lowest BCUT2D eigenvalue weighted by Gasteiger charge is -2.23. The van der Waals surface area contributed by atoms with Crippen LogP contribution in [0.5, 0.6) is 0 Å². The number of benzene rings is 1. The zero-order chi connectivity index (χ0) is 17.2. The van der Waals surface area contributed by atoms with Crippen molar-refractivity contribution in [2.45, 2.75) is 33.3 Å². The Morgan fingerprint density at radius 1 is 1.30 bits per heavy atom. The normalized spacial score (nSPS) is 13.5. The van der Waals surface area contributed by atoms with Crippen molar-refractivity contribution in [1.29, 1.82) is 0 Å². The van der Waals surface area contributed by atoms with Crippen LogP contribution in [-0.4, -0.2) is 17.7 Å². The van der Waals surface area contributed by atoms with Gasteiger partial charge in [0.25, 0.3) is 0 Å². The number of nitrogens with one attached hydrogen (secondary N) is 2. The number of carbonyl (C=O) groups excluding carboxylic acids is 1. The number of hydrogen-bond acceptors (Lipinski definition) is 3. The number of aryl methyl sites for hydroxylation is 3. The molecule has 124 valence electrons. The molecule has 1 atom stereocenters. The fraction of sp³-hybridized carbons (Fsp3) is 0.353. The third-order valence-corrected chi connectivity index (χ3v) is 3.65. The van der Waals surface area contributed by atoms with E-state index in [2.05, 4.69) is 10.6 Å². The minimum Gasteiger partial charge on any atom is -0.466 e. The summed E-state index contributed by atoms with van der Waals surface area (Å²) in [6.45, 7) is 6.88. The van der Waals surface area contributed by atoms with E-state index < -0.39 is 11.6 Å². The van der Waals surface area contributed by atoms with Gasteiger partial charge < -0.3 is 20.2 Å². The van der Waals surface area contributed by atoms with Gasteiger partial charge in [0.1, 0.15) is 22.9 Å². The Bertz CT molecular complexity index is 723. The molecule has 0 radical (unpaired) electrons. The Hall–Kier alpha value is -2.34. The van der Waals surface area contributed by atoms with Crippen LogP contribution < -0.4 is 10.6 Å². The molecule has 0 bridgehead atoms. The molecule has 0 aliphatic heterocycles. The summed E-state index contributed by atoms with van der Waals surface area (Å²) in [6, 6.07) is 5.38. The van der Waals surface area contributed by atoms with Crippen LogP contribution >= 0.6 is 0 Å². The first kappa shape index (κ1) is 17.0. The van der Waals surface area contributed by atoms with Crippen molar-refractivity contribution in [3.63, 3.8) is 0 Å². The summed E-state index contributed by atoms with van der Waals surface area (Å²) >= 11 is 0. The van der Waals surface area contributed by atoms with E-state index in [0.717, 1.165) is 0 Å². The van der Waals surface area contributed by atoms with Crippen LogP contribution in [0.4, 0.5) is 14.9 Å². The third kappa shape index (κ3) is 4.10. The predicted molar refractivity (Wildman–Crippen MR) is 85.9 cm³/mol. The fourth-order valence-corrected chi connectivity index (χ4v) is 2.45. The van der Waals surface area contributed by atoms with Crippen molar-refractivity contribution in [2.75, 3.05) is 11.9 Å². The fourth-order valence-electron chi connectivity index (χ4n) is 2.45. The molecule has 1 aromatic heterocycles. The quantitative estimate of drug-likeness (QED) is 0.808. The second kappa shape index (κ2) is 6.42. The van der Waals surface area contributed by atoms with E-state index in [9.17, 15) is 14.3 Å². The van der Waals surface area contributed by atoms with E-state index in [0.29, 0.717) is 28.3 Å². The monoisotopic (exact) mass is 320 g/mol. The van der Waals surface area contributed by atoms with Gasteiger partial charge in [0.2, 0.25) is 0 Å². The molecular formula is C17H21FN2O3. The Morgan fingerprint density at radius 2 is 2.00 bits per heavy atom. The minimum absolute atomic E-state index is 0.0128. The van der Waals surface area contributed by atoms with Crippen LogP contribution in [0.15, 0.2) is 28.7 Å². The van der Waals surface area contributed by atoms with Crippen LogP contribution in [-0.2, 0) is 5.60 Å². The molecule has 3 N–H and O–H groups in total. The number of anilines is 1. The molecule has 6 heteroatoms. The van der Waals surface area contributed by atoms with E-state index in [1.807, 2.05) is 0 Å². The predicted octanol–water partition coefficient (Wildman–Crippen LogP) is 3.37. The van der Waals surface area contributed by atoms with Crippen LogP contribution in [0.25, 0.3) is 0 Å². The van der Waals surface area contributed by atoms with E-state index in [1.54, 1.807) is 33.8 Å². The molecular weight excluding hydrogens is 299 g/mol. The molecule has 1 aromatic carbocycles. The summed E-state index contributed by atoms with van der Waals surface area (Å²) in [4.78, 5) is 12.0. The standard InChI is InChI=1S/C17H21FN2O3/c1-10-7-13(18)5-6-15(10)20-16(21)19-9-17(4,22)14-8-11(2)23-12(14)3/h5-8,22H,9H2,1-4H3,(H2,19,20,21). The van der Waals surface area contributed by atoms with Crippen molar-refractivity contribution in [3.05, 3.63) is 52.7 Å². The molecule has 0 saturated carbocycles. The van der Waals surface area contributed by atoms with Crippen LogP contribution in [0.3, 0.4) is 0 Å². The van der Waals surface area contributed by atoms with Crippen LogP contribution in [0.1, 0.15) is 29.6 Å². The Morgan fingerprint density at radius 3 is 2.57 bits per heavy atom. The molecule has 1 heterocycles. The second-order valence-corrected chi connectivity index (χ2v) is 5.87. The second-order valence-electron chi connectivity index (χ2n) is 5.87. The molecule has 0 spiro atoms. The lowest BCUT2D eigenvalue weighted by Crippen LogP contribution is -2.40.